The molecule has 1 aromatic rings. The smallest absolute Gasteiger partial charge is 0.246 e. The summed E-state index contributed by atoms with van der Waals surface area (Å²) < 4.78 is 15.4. The summed E-state index contributed by atoms with van der Waals surface area (Å²) in [5.74, 6) is 0.684. The fourth-order valence-electron chi connectivity index (χ4n) is 2.68. The first kappa shape index (κ1) is 26.9. The van der Waals surface area contributed by atoms with Crippen molar-refractivity contribution >= 4 is 30.9 Å². The summed E-state index contributed by atoms with van der Waals surface area (Å²) in [7, 11) is -1.80. The molecule has 1 atom stereocenters. The van der Waals surface area contributed by atoms with E-state index in [4.69, 9.17) is 14.3 Å². The third-order valence-electron chi connectivity index (χ3n) is 5.47. The summed E-state index contributed by atoms with van der Waals surface area (Å²) in [6, 6.07) is 0.321. The van der Waals surface area contributed by atoms with Crippen molar-refractivity contribution < 1.29 is 14.3 Å². The topological polar surface area (TPSA) is 59.8 Å². The molecule has 0 saturated heterocycles. The van der Waals surface area contributed by atoms with Crippen LogP contribution in [-0.4, -0.2) is 59.5 Å². The molecule has 0 aromatic carbocycles. The summed E-state index contributed by atoms with van der Waals surface area (Å²) in [5.41, 5.74) is 1.12. The van der Waals surface area contributed by atoms with Gasteiger partial charge in [-0.15, -0.1) is 5.10 Å². The molecule has 1 N–H and O–H groups in total. The van der Waals surface area contributed by atoms with Crippen molar-refractivity contribution in [1.29, 1.82) is 0 Å². The molecule has 0 saturated carbocycles. The van der Waals surface area contributed by atoms with E-state index in [-0.39, 0.29) is 17.2 Å². The number of halogens is 1. The van der Waals surface area contributed by atoms with Crippen molar-refractivity contribution in [2.24, 2.45) is 0 Å². The van der Waals surface area contributed by atoms with Crippen molar-refractivity contribution in [2.45, 2.75) is 105 Å². The van der Waals surface area contributed by atoms with Gasteiger partial charge in [-0.05, 0) is 75.3 Å². The van der Waals surface area contributed by atoms with Gasteiger partial charge in [-0.25, -0.2) is 0 Å². The molecular formula is C21H42IN3O3Si. The van der Waals surface area contributed by atoms with E-state index in [0.29, 0.717) is 31.6 Å². The highest BCUT2D eigenvalue weighted by atomic mass is 127. The van der Waals surface area contributed by atoms with Gasteiger partial charge in [-0.3, -0.25) is 9.58 Å². The Hall–Kier alpha value is -0.163. The number of hydrogen-bond donors (Lipinski definition) is 1. The lowest BCUT2D eigenvalue weighted by atomic mass is 10.2. The quantitative estimate of drug-likeness (QED) is 0.321. The highest BCUT2D eigenvalue weighted by molar-refractivity contribution is 14.1. The third-order valence-corrected chi connectivity index (χ3v) is 11.1. The number of nitrogens with zero attached hydrogens (tertiary/aromatic N) is 3. The highest BCUT2D eigenvalue weighted by Crippen LogP contribution is 2.36. The molecular weight excluding hydrogens is 497 g/mol. The Morgan fingerprint density at radius 2 is 1.76 bits per heavy atom. The number of aromatic nitrogens is 2. The van der Waals surface area contributed by atoms with Crippen LogP contribution in [-0.2, 0) is 17.5 Å². The second-order valence-electron chi connectivity index (χ2n) is 9.94. The molecule has 0 amide bonds. The van der Waals surface area contributed by atoms with Gasteiger partial charge in [0.15, 0.2) is 8.32 Å². The molecule has 0 aliphatic rings. The number of hydrogen-bond acceptors (Lipinski definition) is 5. The number of ether oxygens (including phenoxy) is 1. The Morgan fingerprint density at radius 3 is 2.21 bits per heavy atom. The van der Waals surface area contributed by atoms with E-state index in [1.165, 1.54) is 0 Å². The largest absolute Gasteiger partial charge is 0.473 e. The fourth-order valence-corrected chi connectivity index (χ4v) is 4.40. The van der Waals surface area contributed by atoms with Crippen molar-refractivity contribution in [1.82, 2.24) is 14.7 Å². The van der Waals surface area contributed by atoms with Gasteiger partial charge in [0.1, 0.15) is 0 Å². The zero-order valence-electron chi connectivity index (χ0n) is 20.0. The van der Waals surface area contributed by atoms with E-state index in [0.717, 1.165) is 15.8 Å². The minimum atomic E-state index is -1.80. The van der Waals surface area contributed by atoms with Gasteiger partial charge < -0.3 is 14.3 Å². The van der Waals surface area contributed by atoms with Gasteiger partial charge in [0.2, 0.25) is 5.88 Å². The van der Waals surface area contributed by atoms with E-state index in [1.807, 2.05) is 25.5 Å². The van der Waals surface area contributed by atoms with Crippen molar-refractivity contribution in [3.05, 3.63) is 9.26 Å². The molecule has 170 valence electrons. The zero-order chi connectivity index (χ0) is 22.6. The maximum atomic E-state index is 9.91. The molecule has 1 heterocycles. The maximum absolute atomic E-state index is 9.91. The van der Waals surface area contributed by atoms with Gasteiger partial charge in [0, 0.05) is 19.1 Å². The summed E-state index contributed by atoms with van der Waals surface area (Å²) in [6.07, 6.45) is -0.304. The molecule has 0 fully saturated rings. The summed E-state index contributed by atoms with van der Waals surface area (Å²) in [5, 5.41) is 14.9. The van der Waals surface area contributed by atoms with E-state index < -0.39 is 8.32 Å². The van der Waals surface area contributed by atoms with Crippen molar-refractivity contribution in [3.8, 4) is 5.88 Å². The average molecular weight is 540 g/mol. The first-order chi connectivity index (χ1) is 13.2. The summed E-state index contributed by atoms with van der Waals surface area (Å²) >= 11 is 2.34. The predicted molar refractivity (Wildman–Crippen MR) is 131 cm³/mol. The van der Waals surface area contributed by atoms with Crippen LogP contribution in [0.4, 0.5) is 0 Å². The minimum absolute atomic E-state index is 0.0712. The fraction of sp³-hybridized carbons (Fsp3) is 0.857. The molecule has 29 heavy (non-hydrogen) atoms. The van der Waals surface area contributed by atoms with Gasteiger partial charge in [0.05, 0.1) is 34.6 Å². The lowest BCUT2D eigenvalue weighted by molar-refractivity contribution is 0.100. The van der Waals surface area contributed by atoms with E-state index >= 15 is 0 Å². The van der Waals surface area contributed by atoms with Crippen LogP contribution in [0.5, 0.6) is 5.88 Å². The number of aliphatic hydroxyl groups excluding tert-OH is 1. The number of aliphatic hydroxyl groups is 1. The van der Waals surface area contributed by atoms with Gasteiger partial charge >= 0.3 is 0 Å². The first-order valence-electron chi connectivity index (χ1n) is 10.6. The van der Waals surface area contributed by atoms with Crippen LogP contribution in [0.3, 0.4) is 0 Å². The maximum Gasteiger partial charge on any atom is 0.246 e. The van der Waals surface area contributed by atoms with Crippen LogP contribution in [0, 0.1) is 3.57 Å². The van der Waals surface area contributed by atoms with Crippen molar-refractivity contribution in [3.63, 3.8) is 0 Å². The van der Waals surface area contributed by atoms with Crippen LogP contribution >= 0.6 is 22.6 Å². The van der Waals surface area contributed by atoms with E-state index in [9.17, 15) is 5.11 Å². The standard InChI is InChI=1S/C21H42IN3O3Si/c1-15(2)24(13-17(5)26)14-18-19(22)20(28-16(3)4)23-25(18)11-12-27-29(9,10)21(6,7)8/h15-17,26H,11-14H2,1-10H3/t17-/m1/s1. The molecule has 8 heteroatoms. The van der Waals surface area contributed by atoms with Gasteiger partial charge in [-0.1, -0.05) is 20.8 Å². The lowest BCUT2D eigenvalue weighted by Gasteiger charge is -2.36. The van der Waals surface area contributed by atoms with Crippen LogP contribution in [0.25, 0.3) is 0 Å². The summed E-state index contributed by atoms with van der Waals surface area (Å²) in [4.78, 5) is 2.27. The normalized spacial score (nSPS) is 14.3. The Balaban J connectivity index is 3.08. The van der Waals surface area contributed by atoms with Crippen LogP contribution in [0.2, 0.25) is 18.1 Å². The summed E-state index contributed by atoms with van der Waals surface area (Å²) in [6.45, 7) is 24.2. The first-order valence-corrected chi connectivity index (χ1v) is 14.6. The third kappa shape index (κ3) is 8.12. The van der Waals surface area contributed by atoms with Crippen LogP contribution in [0.1, 0.15) is 61.1 Å². The van der Waals surface area contributed by atoms with Crippen LogP contribution in [0.15, 0.2) is 0 Å². The molecule has 0 bridgehead atoms. The second kappa shape index (κ2) is 10.9. The second-order valence-corrected chi connectivity index (χ2v) is 15.8. The molecule has 0 unspecified atom stereocenters. The predicted octanol–water partition coefficient (Wildman–Crippen LogP) is 4.89. The average Bonchev–Trinajstić information content (AvgIpc) is 2.80. The lowest BCUT2D eigenvalue weighted by Crippen LogP contribution is -2.41. The highest BCUT2D eigenvalue weighted by Gasteiger charge is 2.37. The minimum Gasteiger partial charge on any atom is -0.473 e. The molecule has 0 spiro atoms. The van der Waals surface area contributed by atoms with Crippen LogP contribution < -0.4 is 4.74 Å². The van der Waals surface area contributed by atoms with Gasteiger partial charge in [-0.2, -0.15) is 0 Å². The Labute approximate surface area is 192 Å². The monoisotopic (exact) mass is 539 g/mol. The van der Waals surface area contributed by atoms with E-state index in [2.05, 4.69) is 75.2 Å². The van der Waals surface area contributed by atoms with E-state index in [1.54, 1.807) is 0 Å². The zero-order valence-corrected chi connectivity index (χ0v) is 23.2. The Kier molecular flexibility index (Phi) is 10.1. The SMILES string of the molecule is CC(C)Oc1nn(CCO[Si](C)(C)C(C)(C)C)c(CN(C[C@@H](C)O)C(C)C)c1I. The number of rotatable bonds is 11. The molecule has 6 nitrogen and oxygen atoms in total. The van der Waals surface area contributed by atoms with Gasteiger partial charge in [0.25, 0.3) is 0 Å². The molecule has 1 aromatic heterocycles. The Bertz CT molecular complexity index is 640. The Morgan fingerprint density at radius 1 is 1.17 bits per heavy atom. The molecule has 1 rings (SSSR count). The molecule has 0 radical (unpaired) electrons. The van der Waals surface area contributed by atoms with Crippen molar-refractivity contribution in [2.75, 3.05) is 13.2 Å². The molecule has 0 aliphatic heterocycles. The molecule has 0 aliphatic carbocycles.